The second-order valence-corrected chi connectivity index (χ2v) is 4.61. The Kier molecular flexibility index (Phi) is 3.95. The molecule has 0 bridgehead atoms. The van der Waals surface area contributed by atoms with Crippen LogP contribution in [0.5, 0.6) is 11.5 Å². The summed E-state index contributed by atoms with van der Waals surface area (Å²) in [6.07, 6.45) is 0. The highest BCUT2D eigenvalue weighted by Crippen LogP contribution is 2.29. The molecule has 0 aromatic heterocycles. The Bertz CT molecular complexity index is 566. The lowest BCUT2D eigenvalue weighted by atomic mass is 10.1. The minimum absolute atomic E-state index is 0.124. The molecule has 0 spiro atoms. The fourth-order valence-electron chi connectivity index (χ4n) is 2.14. The molecule has 3 nitrogen and oxygen atoms in total. The molecule has 2 aromatic carbocycles. The van der Waals surface area contributed by atoms with Crippen LogP contribution in [-0.2, 0) is 0 Å². The fourth-order valence-corrected chi connectivity index (χ4v) is 2.14. The molecular formula is C16H19NO2. The molecule has 0 aliphatic rings. The van der Waals surface area contributed by atoms with Crippen LogP contribution in [0.1, 0.15) is 24.1 Å². The molecule has 0 heterocycles. The van der Waals surface area contributed by atoms with Gasteiger partial charge in [-0.3, -0.25) is 0 Å². The number of hydrogen-bond acceptors (Lipinski definition) is 3. The van der Waals surface area contributed by atoms with Crippen molar-refractivity contribution in [3.8, 4) is 11.5 Å². The summed E-state index contributed by atoms with van der Waals surface area (Å²) >= 11 is 0. The van der Waals surface area contributed by atoms with E-state index in [0.29, 0.717) is 0 Å². The number of ether oxygens (including phenoxy) is 1. The second kappa shape index (κ2) is 5.65. The van der Waals surface area contributed by atoms with E-state index in [0.717, 1.165) is 22.6 Å². The first-order valence-electron chi connectivity index (χ1n) is 6.31. The second-order valence-electron chi connectivity index (χ2n) is 4.61. The summed E-state index contributed by atoms with van der Waals surface area (Å²) in [5.41, 5.74) is 3.13. The maximum absolute atomic E-state index is 9.42. The predicted octanol–water partition coefficient (Wildman–Crippen LogP) is 3.88. The summed E-state index contributed by atoms with van der Waals surface area (Å²) in [7, 11) is 1.68. The third-order valence-corrected chi connectivity index (χ3v) is 3.19. The van der Waals surface area contributed by atoms with E-state index in [2.05, 4.69) is 12.2 Å². The van der Waals surface area contributed by atoms with Crippen LogP contribution in [0.2, 0.25) is 0 Å². The van der Waals surface area contributed by atoms with Gasteiger partial charge >= 0.3 is 0 Å². The van der Waals surface area contributed by atoms with Crippen molar-refractivity contribution in [3.05, 3.63) is 53.6 Å². The molecule has 1 unspecified atom stereocenters. The van der Waals surface area contributed by atoms with Gasteiger partial charge in [0.05, 0.1) is 13.2 Å². The zero-order valence-electron chi connectivity index (χ0n) is 11.5. The number of nitrogens with one attached hydrogen (secondary N) is 1. The molecule has 0 saturated carbocycles. The summed E-state index contributed by atoms with van der Waals surface area (Å²) in [5, 5.41) is 12.9. The van der Waals surface area contributed by atoms with E-state index in [1.165, 1.54) is 0 Å². The van der Waals surface area contributed by atoms with Crippen molar-refractivity contribution >= 4 is 5.69 Å². The third-order valence-electron chi connectivity index (χ3n) is 3.19. The van der Waals surface area contributed by atoms with Gasteiger partial charge in [0.1, 0.15) is 11.5 Å². The SMILES string of the molecule is COc1ccccc1C(C)Nc1ccc(O)cc1C. The maximum Gasteiger partial charge on any atom is 0.124 e. The number of aromatic hydroxyl groups is 1. The standard InChI is InChI=1S/C16H19NO2/c1-11-10-13(18)8-9-15(11)17-12(2)14-6-4-5-7-16(14)19-3/h4-10,12,17-18H,1-3H3. The number of phenolic OH excluding ortho intramolecular Hbond substituents is 1. The predicted molar refractivity (Wildman–Crippen MR) is 77.9 cm³/mol. The number of benzene rings is 2. The van der Waals surface area contributed by atoms with Gasteiger partial charge in [-0.25, -0.2) is 0 Å². The van der Waals surface area contributed by atoms with Crippen LogP contribution in [0.3, 0.4) is 0 Å². The molecule has 2 N–H and O–H groups in total. The number of rotatable bonds is 4. The number of anilines is 1. The van der Waals surface area contributed by atoms with Crippen LogP contribution in [0.4, 0.5) is 5.69 Å². The Morgan fingerprint density at radius 3 is 2.58 bits per heavy atom. The van der Waals surface area contributed by atoms with E-state index >= 15 is 0 Å². The average Bonchev–Trinajstić information content (AvgIpc) is 2.41. The van der Waals surface area contributed by atoms with Crippen LogP contribution in [-0.4, -0.2) is 12.2 Å². The Balaban J connectivity index is 2.23. The molecule has 0 fully saturated rings. The monoisotopic (exact) mass is 257 g/mol. The number of para-hydroxylation sites is 1. The van der Waals surface area contributed by atoms with E-state index in [-0.39, 0.29) is 11.8 Å². The molecule has 1 atom stereocenters. The summed E-state index contributed by atoms with van der Waals surface area (Å²) < 4.78 is 5.37. The highest BCUT2D eigenvalue weighted by molar-refractivity contribution is 5.55. The molecule has 2 rings (SSSR count). The van der Waals surface area contributed by atoms with E-state index in [1.807, 2.05) is 37.3 Å². The zero-order valence-corrected chi connectivity index (χ0v) is 11.5. The minimum atomic E-state index is 0.124. The van der Waals surface area contributed by atoms with Crippen molar-refractivity contribution in [1.29, 1.82) is 0 Å². The van der Waals surface area contributed by atoms with Crippen molar-refractivity contribution < 1.29 is 9.84 Å². The fraction of sp³-hybridized carbons (Fsp3) is 0.250. The number of hydrogen-bond donors (Lipinski definition) is 2. The van der Waals surface area contributed by atoms with Crippen LogP contribution in [0, 0.1) is 6.92 Å². The van der Waals surface area contributed by atoms with Crippen molar-refractivity contribution in [2.45, 2.75) is 19.9 Å². The summed E-state index contributed by atoms with van der Waals surface area (Å²) in [4.78, 5) is 0. The van der Waals surface area contributed by atoms with E-state index < -0.39 is 0 Å². The molecular weight excluding hydrogens is 238 g/mol. The largest absolute Gasteiger partial charge is 0.508 e. The lowest BCUT2D eigenvalue weighted by Crippen LogP contribution is -2.09. The molecule has 0 radical (unpaired) electrons. The van der Waals surface area contributed by atoms with Gasteiger partial charge < -0.3 is 15.2 Å². The molecule has 3 heteroatoms. The quantitative estimate of drug-likeness (QED) is 0.817. The lowest BCUT2D eigenvalue weighted by Gasteiger charge is -2.19. The minimum Gasteiger partial charge on any atom is -0.508 e. The van der Waals surface area contributed by atoms with Gasteiger partial charge in [-0.2, -0.15) is 0 Å². The van der Waals surface area contributed by atoms with Gasteiger partial charge in [0.25, 0.3) is 0 Å². The Morgan fingerprint density at radius 2 is 1.89 bits per heavy atom. The summed E-state index contributed by atoms with van der Waals surface area (Å²) in [6, 6.07) is 13.4. The number of methoxy groups -OCH3 is 1. The molecule has 0 amide bonds. The van der Waals surface area contributed by atoms with Crippen molar-refractivity contribution in [2.24, 2.45) is 0 Å². The molecule has 2 aromatic rings. The summed E-state index contributed by atoms with van der Waals surface area (Å²) in [6.45, 7) is 4.06. The normalized spacial score (nSPS) is 11.9. The van der Waals surface area contributed by atoms with Crippen molar-refractivity contribution in [2.75, 3.05) is 12.4 Å². The lowest BCUT2D eigenvalue weighted by molar-refractivity contribution is 0.408. The van der Waals surface area contributed by atoms with E-state index in [4.69, 9.17) is 4.74 Å². The third kappa shape index (κ3) is 2.99. The van der Waals surface area contributed by atoms with E-state index in [1.54, 1.807) is 19.2 Å². The molecule has 0 saturated heterocycles. The smallest absolute Gasteiger partial charge is 0.124 e. The van der Waals surface area contributed by atoms with E-state index in [9.17, 15) is 5.11 Å². The average molecular weight is 257 g/mol. The van der Waals surface area contributed by atoms with Crippen LogP contribution in [0.25, 0.3) is 0 Å². The maximum atomic E-state index is 9.42. The van der Waals surface area contributed by atoms with Crippen molar-refractivity contribution in [1.82, 2.24) is 0 Å². The van der Waals surface area contributed by atoms with Gasteiger partial charge in [0, 0.05) is 11.3 Å². The molecule has 0 aliphatic carbocycles. The molecule has 100 valence electrons. The van der Waals surface area contributed by atoms with Crippen LogP contribution < -0.4 is 10.1 Å². The Labute approximate surface area is 113 Å². The van der Waals surface area contributed by atoms with Crippen molar-refractivity contribution in [3.63, 3.8) is 0 Å². The van der Waals surface area contributed by atoms with Gasteiger partial charge in [-0.1, -0.05) is 18.2 Å². The summed E-state index contributed by atoms with van der Waals surface area (Å²) in [5.74, 6) is 1.16. The Morgan fingerprint density at radius 1 is 1.16 bits per heavy atom. The number of phenols is 1. The van der Waals surface area contributed by atoms with Crippen LogP contribution >= 0.6 is 0 Å². The first-order chi connectivity index (χ1) is 9.11. The van der Waals surface area contributed by atoms with Crippen LogP contribution in [0.15, 0.2) is 42.5 Å². The molecule has 0 aliphatic heterocycles. The zero-order chi connectivity index (χ0) is 13.8. The highest BCUT2D eigenvalue weighted by Gasteiger charge is 2.11. The number of aryl methyl sites for hydroxylation is 1. The van der Waals surface area contributed by atoms with Gasteiger partial charge in [0.2, 0.25) is 0 Å². The van der Waals surface area contributed by atoms with Gasteiger partial charge in [0.15, 0.2) is 0 Å². The first kappa shape index (κ1) is 13.3. The molecule has 19 heavy (non-hydrogen) atoms. The first-order valence-corrected chi connectivity index (χ1v) is 6.31. The Hall–Kier alpha value is -2.16. The topological polar surface area (TPSA) is 41.5 Å². The van der Waals surface area contributed by atoms with Gasteiger partial charge in [-0.05, 0) is 43.7 Å². The highest BCUT2D eigenvalue weighted by atomic mass is 16.5. The van der Waals surface area contributed by atoms with Gasteiger partial charge in [-0.15, -0.1) is 0 Å².